The molecule has 1 fully saturated rings. The first-order valence-electron chi connectivity index (χ1n) is 13.5. The molecule has 2 N–H and O–H groups in total. The zero-order valence-electron chi connectivity index (χ0n) is 22.6. The first kappa shape index (κ1) is 28.4. The van der Waals surface area contributed by atoms with Gasteiger partial charge in [-0.1, -0.05) is 29.8 Å². The van der Waals surface area contributed by atoms with Crippen molar-refractivity contribution in [2.24, 2.45) is 4.99 Å². The average Bonchev–Trinajstić information content (AvgIpc) is 3.14. The molecule has 6 rings (SSSR count). The Hall–Kier alpha value is -3.74. The van der Waals surface area contributed by atoms with Crippen molar-refractivity contribution >= 4 is 39.0 Å². The third-order valence-corrected chi connectivity index (χ3v) is 8.85. The van der Waals surface area contributed by atoms with Crippen LogP contribution in [0.25, 0.3) is 11.3 Å². The highest BCUT2D eigenvalue weighted by Gasteiger charge is 2.23. The van der Waals surface area contributed by atoms with Crippen molar-refractivity contribution in [3.05, 3.63) is 100 Å². The van der Waals surface area contributed by atoms with Gasteiger partial charge in [-0.2, -0.15) is 0 Å². The van der Waals surface area contributed by atoms with Crippen molar-refractivity contribution in [2.45, 2.75) is 11.4 Å². The first-order valence-corrected chi connectivity index (χ1v) is 15.4. The van der Waals surface area contributed by atoms with E-state index in [4.69, 9.17) is 26.3 Å². The summed E-state index contributed by atoms with van der Waals surface area (Å²) in [5, 5.41) is 3.65. The van der Waals surface area contributed by atoms with E-state index in [1.54, 1.807) is 48.7 Å². The molecular weight excluding hydrogens is 579 g/mol. The summed E-state index contributed by atoms with van der Waals surface area (Å²) in [6, 6.07) is 18.3. The Morgan fingerprint density at radius 3 is 2.55 bits per heavy atom. The standard InChI is InChI=1S/C30H28ClFN6O3S/c31-21-5-10-24-26(17-21)29(25-3-1-2-4-27(25)32)33-18-20-19-34-30(37-28(20)24)36-22-6-8-23(9-7-22)42(39,40)35-11-12-38-13-15-41-16-14-38/h1-10,17,19,35H,11-16,18H2,(H,34,36,37). The third kappa shape index (κ3) is 6.20. The predicted molar refractivity (Wildman–Crippen MR) is 160 cm³/mol. The maximum absolute atomic E-state index is 14.8. The molecule has 3 aromatic carbocycles. The van der Waals surface area contributed by atoms with Gasteiger partial charge in [0.1, 0.15) is 5.82 Å². The van der Waals surface area contributed by atoms with Gasteiger partial charge >= 0.3 is 0 Å². The van der Waals surface area contributed by atoms with Gasteiger partial charge in [0.2, 0.25) is 16.0 Å². The molecule has 0 atom stereocenters. The van der Waals surface area contributed by atoms with Crippen LogP contribution in [0.5, 0.6) is 0 Å². The van der Waals surface area contributed by atoms with Gasteiger partial charge in [-0.05, 0) is 48.5 Å². The Labute approximate surface area is 248 Å². The van der Waals surface area contributed by atoms with E-state index >= 15 is 0 Å². The summed E-state index contributed by atoms with van der Waals surface area (Å²) in [5.74, 6) is -0.0532. The molecule has 216 valence electrons. The number of ether oxygens (including phenoxy) is 1. The van der Waals surface area contributed by atoms with Crippen LogP contribution in [0.4, 0.5) is 16.0 Å². The molecule has 4 aromatic rings. The normalized spacial score (nSPS) is 15.3. The second kappa shape index (κ2) is 12.2. The molecule has 9 nitrogen and oxygen atoms in total. The summed E-state index contributed by atoms with van der Waals surface area (Å²) in [7, 11) is -3.65. The molecular formula is C30H28ClFN6O3S. The van der Waals surface area contributed by atoms with Gasteiger partial charge < -0.3 is 10.1 Å². The van der Waals surface area contributed by atoms with Crippen molar-refractivity contribution in [1.29, 1.82) is 0 Å². The zero-order chi connectivity index (χ0) is 29.1. The Bertz CT molecular complexity index is 1740. The van der Waals surface area contributed by atoms with E-state index in [0.717, 1.165) is 24.2 Å². The minimum absolute atomic E-state index is 0.168. The number of rotatable bonds is 8. The number of hydrogen-bond acceptors (Lipinski definition) is 8. The van der Waals surface area contributed by atoms with Gasteiger partial charge in [0, 0.05) is 65.3 Å². The van der Waals surface area contributed by atoms with E-state index in [1.165, 1.54) is 18.2 Å². The van der Waals surface area contributed by atoms with Crippen molar-refractivity contribution in [1.82, 2.24) is 19.6 Å². The van der Waals surface area contributed by atoms with Crippen LogP contribution >= 0.6 is 11.6 Å². The van der Waals surface area contributed by atoms with Gasteiger partial charge in [-0.25, -0.2) is 27.5 Å². The lowest BCUT2D eigenvalue weighted by molar-refractivity contribution is 0.0390. The van der Waals surface area contributed by atoms with Crippen LogP contribution in [0.3, 0.4) is 0 Å². The quantitative estimate of drug-likeness (QED) is 0.301. The maximum atomic E-state index is 14.8. The second-order valence-electron chi connectivity index (χ2n) is 9.90. The highest BCUT2D eigenvalue weighted by Crippen LogP contribution is 2.34. The SMILES string of the molecule is O=S(=O)(NCCN1CCOCC1)c1ccc(Nc2ncc3c(n2)-c2ccc(Cl)cc2C(c2ccccc2F)=NC3)cc1. The molecule has 0 unspecified atom stereocenters. The lowest BCUT2D eigenvalue weighted by atomic mass is 9.95. The Kier molecular flexibility index (Phi) is 8.27. The Balaban J connectivity index is 1.21. The molecule has 0 radical (unpaired) electrons. The van der Waals surface area contributed by atoms with Crippen LogP contribution in [0, 0.1) is 5.82 Å². The molecule has 12 heteroatoms. The van der Waals surface area contributed by atoms with Gasteiger partial charge in [0.15, 0.2) is 0 Å². The van der Waals surface area contributed by atoms with Crippen LogP contribution < -0.4 is 10.0 Å². The Morgan fingerprint density at radius 2 is 1.76 bits per heavy atom. The summed E-state index contributed by atoms with van der Waals surface area (Å²) in [5.41, 5.74) is 4.35. The van der Waals surface area contributed by atoms with E-state index < -0.39 is 10.0 Å². The number of fused-ring (bicyclic) bond motifs is 3. The van der Waals surface area contributed by atoms with Crippen LogP contribution in [-0.2, 0) is 21.3 Å². The number of hydrogen-bond donors (Lipinski definition) is 2. The lowest BCUT2D eigenvalue weighted by Gasteiger charge is -2.26. The van der Waals surface area contributed by atoms with Gasteiger partial charge in [0.05, 0.1) is 36.1 Å². The average molecular weight is 607 g/mol. The summed E-state index contributed by atoms with van der Waals surface area (Å²) < 4.78 is 48.3. The van der Waals surface area contributed by atoms with E-state index in [1.807, 2.05) is 6.07 Å². The van der Waals surface area contributed by atoms with Crippen molar-refractivity contribution < 1.29 is 17.5 Å². The second-order valence-corrected chi connectivity index (χ2v) is 12.1. The van der Waals surface area contributed by atoms with Crippen LogP contribution in [-0.4, -0.2) is 68.4 Å². The lowest BCUT2D eigenvalue weighted by Crippen LogP contribution is -2.41. The molecule has 3 heterocycles. The van der Waals surface area contributed by atoms with Gasteiger partial charge in [-0.3, -0.25) is 9.89 Å². The number of aliphatic imine (C=N–C) groups is 1. The molecule has 2 aliphatic heterocycles. The minimum Gasteiger partial charge on any atom is -0.379 e. The first-order chi connectivity index (χ1) is 20.4. The smallest absolute Gasteiger partial charge is 0.240 e. The fraction of sp³-hybridized carbons (Fsp3) is 0.233. The van der Waals surface area contributed by atoms with E-state index in [2.05, 4.69) is 19.9 Å². The summed E-state index contributed by atoms with van der Waals surface area (Å²) in [4.78, 5) is 16.3. The fourth-order valence-electron chi connectivity index (χ4n) is 4.96. The van der Waals surface area contributed by atoms with Crippen molar-refractivity contribution in [3.63, 3.8) is 0 Å². The molecule has 42 heavy (non-hydrogen) atoms. The minimum atomic E-state index is -3.65. The summed E-state index contributed by atoms with van der Waals surface area (Å²) >= 11 is 6.35. The maximum Gasteiger partial charge on any atom is 0.240 e. The third-order valence-electron chi connectivity index (χ3n) is 7.14. The molecule has 2 aliphatic rings. The summed E-state index contributed by atoms with van der Waals surface area (Å²) in [6.45, 7) is 4.13. The van der Waals surface area contributed by atoms with Gasteiger partial charge in [0.25, 0.3) is 0 Å². The predicted octanol–water partition coefficient (Wildman–Crippen LogP) is 4.64. The van der Waals surface area contributed by atoms with E-state index in [0.29, 0.717) is 65.5 Å². The number of sulfonamides is 1. The number of anilines is 2. The molecule has 0 amide bonds. The number of benzene rings is 3. The number of aromatic nitrogens is 2. The molecule has 0 spiro atoms. The number of halogens is 2. The monoisotopic (exact) mass is 606 g/mol. The highest BCUT2D eigenvalue weighted by atomic mass is 35.5. The fourth-order valence-corrected chi connectivity index (χ4v) is 6.15. The summed E-state index contributed by atoms with van der Waals surface area (Å²) in [6.07, 6.45) is 1.69. The number of nitrogens with zero attached hydrogens (tertiary/aromatic N) is 4. The molecule has 1 aromatic heterocycles. The highest BCUT2D eigenvalue weighted by molar-refractivity contribution is 7.89. The molecule has 0 saturated carbocycles. The van der Waals surface area contributed by atoms with Crippen LogP contribution in [0.2, 0.25) is 5.02 Å². The van der Waals surface area contributed by atoms with E-state index in [9.17, 15) is 12.8 Å². The zero-order valence-corrected chi connectivity index (χ0v) is 24.1. The topological polar surface area (TPSA) is 109 Å². The van der Waals surface area contributed by atoms with Crippen LogP contribution in [0.15, 0.2) is 82.8 Å². The van der Waals surface area contributed by atoms with Crippen LogP contribution in [0.1, 0.15) is 16.7 Å². The molecule has 1 saturated heterocycles. The van der Waals surface area contributed by atoms with Crippen molar-refractivity contribution in [3.8, 4) is 11.3 Å². The van der Waals surface area contributed by atoms with Gasteiger partial charge in [-0.15, -0.1) is 0 Å². The van der Waals surface area contributed by atoms with Crippen molar-refractivity contribution in [2.75, 3.05) is 44.7 Å². The Morgan fingerprint density at radius 1 is 0.976 bits per heavy atom. The number of morpholine rings is 1. The molecule has 0 aliphatic carbocycles. The largest absolute Gasteiger partial charge is 0.379 e. The molecule has 0 bridgehead atoms. The van der Waals surface area contributed by atoms with E-state index in [-0.39, 0.29) is 17.3 Å². The number of nitrogens with one attached hydrogen (secondary N) is 2.